The van der Waals surface area contributed by atoms with E-state index in [1.54, 1.807) is 12.1 Å². The summed E-state index contributed by atoms with van der Waals surface area (Å²) < 4.78 is 6.86. The first-order valence-corrected chi connectivity index (χ1v) is 12.4. The molecule has 0 aliphatic heterocycles. The van der Waals surface area contributed by atoms with E-state index >= 15 is 0 Å². The van der Waals surface area contributed by atoms with Crippen LogP contribution in [0.1, 0.15) is 32.3 Å². The molecule has 3 N–H and O–H groups in total. The zero-order chi connectivity index (χ0) is 27.9. The summed E-state index contributed by atoms with van der Waals surface area (Å²) in [4.78, 5) is 37.0. The lowest BCUT2D eigenvalue weighted by molar-refractivity contribution is 0.0696. The van der Waals surface area contributed by atoms with Crippen LogP contribution < -0.4 is 15.6 Å². The van der Waals surface area contributed by atoms with Crippen molar-refractivity contribution in [1.82, 2.24) is 9.78 Å². The number of aromatic nitrogens is 2. The second-order valence-electron chi connectivity index (χ2n) is 8.73. The maximum Gasteiger partial charge on any atom is 0.335 e. The van der Waals surface area contributed by atoms with Crippen molar-refractivity contribution in [2.45, 2.75) is 12.5 Å². The van der Waals surface area contributed by atoms with Crippen LogP contribution >= 0.6 is 11.6 Å². The van der Waals surface area contributed by atoms with Gasteiger partial charge in [-0.2, -0.15) is 0 Å². The Labute approximate surface area is 229 Å². The molecule has 200 valence electrons. The quantitative estimate of drug-likeness (QED) is 0.236. The number of anilines is 1. The topological polar surface area (TPSA) is 131 Å². The van der Waals surface area contributed by atoms with Crippen LogP contribution in [0.5, 0.6) is 5.88 Å². The molecule has 0 aliphatic rings. The molecular weight excluding hydrogens is 522 g/mol. The van der Waals surface area contributed by atoms with Crippen molar-refractivity contribution in [3.05, 3.63) is 111 Å². The fourth-order valence-electron chi connectivity index (χ4n) is 4.22. The van der Waals surface area contributed by atoms with E-state index < -0.39 is 30.0 Å². The smallest absolute Gasteiger partial charge is 0.335 e. The van der Waals surface area contributed by atoms with Crippen LogP contribution in [-0.2, 0) is 6.42 Å². The molecule has 0 saturated heterocycles. The first-order valence-electron chi connectivity index (χ1n) is 12.0. The van der Waals surface area contributed by atoms with Crippen molar-refractivity contribution in [1.29, 1.82) is 0 Å². The number of Topliss-reactive ketones (excluding diaryl/α,β-unsaturated/α-hetero) is 1. The number of methoxy groups -OCH3 is 1. The van der Waals surface area contributed by atoms with E-state index in [1.165, 1.54) is 48.2 Å². The number of hydrogen-bond donors (Lipinski definition) is 3. The van der Waals surface area contributed by atoms with Gasteiger partial charge in [0.25, 0.3) is 5.56 Å². The number of halogens is 1. The number of carbonyl (C=O) groups is 2. The summed E-state index contributed by atoms with van der Waals surface area (Å²) in [6, 6.07) is 21.3. The predicted molar refractivity (Wildman–Crippen MR) is 148 cm³/mol. The SMILES string of the molecule is COc1nn([C@H](CNc2ccc(C(=O)O)cc2)Cc2ccccc2)c(=O)cc1-c1cc(Cl)ccc1C(=O)CO. The number of nitrogens with zero attached hydrogens (tertiary/aromatic N) is 2. The molecule has 1 atom stereocenters. The van der Waals surface area contributed by atoms with E-state index in [4.69, 9.17) is 21.4 Å². The van der Waals surface area contributed by atoms with Gasteiger partial charge in [0, 0.05) is 28.9 Å². The highest BCUT2D eigenvalue weighted by atomic mass is 35.5. The number of benzene rings is 3. The summed E-state index contributed by atoms with van der Waals surface area (Å²) in [6.45, 7) is -0.415. The molecule has 39 heavy (non-hydrogen) atoms. The van der Waals surface area contributed by atoms with Gasteiger partial charge in [-0.05, 0) is 60.0 Å². The first kappa shape index (κ1) is 27.6. The highest BCUT2D eigenvalue weighted by molar-refractivity contribution is 6.31. The maximum absolute atomic E-state index is 13.5. The Balaban J connectivity index is 1.74. The molecule has 0 saturated carbocycles. The lowest BCUT2D eigenvalue weighted by atomic mass is 9.98. The lowest BCUT2D eigenvalue weighted by Crippen LogP contribution is -2.33. The Hall–Kier alpha value is -4.47. The van der Waals surface area contributed by atoms with Crippen LogP contribution in [0.4, 0.5) is 5.69 Å². The zero-order valence-corrected chi connectivity index (χ0v) is 21.8. The van der Waals surface area contributed by atoms with Gasteiger partial charge in [-0.3, -0.25) is 9.59 Å². The Kier molecular flexibility index (Phi) is 8.75. The van der Waals surface area contributed by atoms with Gasteiger partial charge in [0.2, 0.25) is 5.88 Å². The summed E-state index contributed by atoms with van der Waals surface area (Å²) in [7, 11) is 1.41. The second-order valence-corrected chi connectivity index (χ2v) is 9.16. The van der Waals surface area contributed by atoms with E-state index in [0.717, 1.165) is 5.56 Å². The molecule has 9 nitrogen and oxygen atoms in total. The van der Waals surface area contributed by atoms with Gasteiger partial charge in [0.1, 0.15) is 6.61 Å². The molecule has 0 bridgehead atoms. The third kappa shape index (κ3) is 6.51. The average molecular weight is 548 g/mol. The third-order valence-corrected chi connectivity index (χ3v) is 6.40. The van der Waals surface area contributed by atoms with E-state index in [-0.39, 0.29) is 22.6 Å². The van der Waals surface area contributed by atoms with Gasteiger partial charge in [-0.25, -0.2) is 9.48 Å². The van der Waals surface area contributed by atoms with Crippen molar-refractivity contribution in [3.63, 3.8) is 0 Å². The summed E-state index contributed by atoms with van der Waals surface area (Å²) >= 11 is 6.19. The average Bonchev–Trinajstić information content (AvgIpc) is 2.95. The number of carboxylic acids is 1. The zero-order valence-electron chi connectivity index (χ0n) is 21.0. The van der Waals surface area contributed by atoms with Crippen LogP contribution in [0.3, 0.4) is 0 Å². The van der Waals surface area contributed by atoms with Crippen molar-refractivity contribution >= 4 is 29.0 Å². The molecule has 0 radical (unpaired) electrons. The molecule has 0 spiro atoms. The van der Waals surface area contributed by atoms with Crippen LogP contribution in [0, 0.1) is 0 Å². The number of ketones is 1. The fraction of sp³-hybridized carbons (Fsp3) is 0.172. The van der Waals surface area contributed by atoms with E-state index in [1.807, 2.05) is 30.3 Å². The molecule has 3 aromatic carbocycles. The van der Waals surface area contributed by atoms with Gasteiger partial charge >= 0.3 is 5.97 Å². The van der Waals surface area contributed by atoms with Gasteiger partial charge in [0.05, 0.1) is 24.3 Å². The Morgan fingerprint density at radius 1 is 1.03 bits per heavy atom. The van der Waals surface area contributed by atoms with Crippen molar-refractivity contribution < 1.29 is 24.5 Å². The van der Waals surface area contributed by atoms with E-state index in [0.29, 0.717) is 29.2 Å². The standard InChI is InChI=1S/C29H26ClN3O6/c1-39-28-25(24-14-20(30)9-12-23(24)26(35)17-34)15-27(36)33(32-28)22(13-18-5-3-2-4-6-18)16-31-21-10-7-19(8-11-21)29(37)38/h2-12,14-15,22,31,34H,13,16-17H2,1H3,(H,37,38)/t22-/m0/s1. The number of carbonyl (C=O) groups excluding carboxylic acids is 1. The number of aliphatic hydroxyl groups is 1. The van der Waals surface area contributed by atoms with Gasteiger partial charge in [-0.15, -0.1) is 5.10 Å². The fourth-order valence-corrected chi connectivity index (χ4v) is 4.40. The molecule has 4 aromatic rings. The second kappa shape index (κ2) is 12.4. The highest BCUT2D eigenvalue weighted by Gasteiger charge is 2.22. The molecule has 0 aliphatic carbocycles. The van der Waals surface area contributed by atoms with Crippen molar-refractivity contribution in [2.24, 2.45) is 0 Å². The molecule has 0 amide bonds. The number of carboxylic acid groups (broad SMARTS) is 1. The number of aromatic carboxylic acids is 1. The van der Waals surface area contributed by atoms with Gasteiger partial charge in [0.15, 0.2) is 5.78 Å². The minimum Gasteiger partial charge on any atom is -0.480 e. The van der Waals surface area contributed by atoms with Crippen LogP contribution in [0.15, 0.2) is 83.7 Å². The van der Waals surface area contributed by atoms with Crippen LogP contribution in [-0.4, -0.2) is 52.0 Å². The van der Waals surface area contributed by atoms with Crippen LogP contribution in [0.25, 0.3) is 11.1 Å². The lowest BCUT2D eigenvalue weighted by Gasteiger charge is -2.22. The molecule has 0 fully saturated rings. The van der Waals surface area contributed by atoms with Gasteiger partial charge < -0.3 is 20.3 Å². The normalized spacial score (nSPS) is 11.6. The largest absolute Gasteiger partial charge is 0.480 e. The molecule has 4 rings (SSSR count). The molecule has 1 aromatic heterocycles. The first-order chi connectivity index (χ1) is 18.8. The van der Waals surface area contributed by atoms with Crippen molar-refractivity contribution in [2.75, 3.05) is 25.6 Å². The minimum absolute atomic E-state index is 0.104. The van der Waals surface area contributed by atoms with Gasteiger partial charge in [-0.1, -0.05) is 41.9 Å². The number of aliphatic hydroxyl groups excluding tert-OH is 1. The Bertz CT molecular complexity index is 1540. The predicted octanol–water partition coefficient (Wildman–Crippen LogP) is 4.34. The monoisotopic (exact) mass is 547 g/mol. The number of hydrogen-bond acceptors (Lipinski definition) is 7. The highest BCUT2D eigenvalue weighted by Crippen LogP contribution is 2.32. The Morgan fingerprint density at radius 2 is 1.74 bits per heavy atom. The number of rotatable bonds is 11. The van der Waals surface area contributed by atoms with Crippen LogP contribution in [0.2, 0.25) is 5.02 Å². The minimum atomic E-state index is -1.02. The molecule has 0 unspecified atom stereocenters. The number of ether oxygens (including phenoxy) is 1. The molecule has 10 heteroatoms. The summed E-state index contributed by atoms with van der Waals surface area (Å²) in [5, 5.41) is 26.7. The summed E-state index contributed by atoms with van der Waals surface area (Å²) in [5.41, 5.74) is 2.18. The summed E-state index contributed by atoms with van der Waals surface area (Å²) in [6.07, 6.45) is 0.460. The molecule has 1 heterocycles. The maximum atomic E-state index is 13.5. The summed E-state index contributed by atoms with van der Waals surface area (Å²) in [5.74, 6) is -1.45. The van der Waals surface area contributed by atoms with E-state index in [9.17, 15) is 19.5 Å². The molecular formula is C29H26ClN3O6. The van der Waals surface area contributed by atoms with E-state index in [2.05, 4.69) is 10.4 Å². The Morgan fingerprint density at radius 3 is 2.38 bits per heavy atom. The number of nitrogens with one attached hydrogen (secondary N) is 1. The third-order valence-electron chi connectivity index (χ3n) is 6.17. The van der Waals surface area contributed by atoms with Crippen molar-refractivity contribution in [3.8, 4) is 17.0 Å².